The molecule has 0 bridgehead atoms. The van der Waals surface area contributed by atoms with Crippen LogP contribution in [0.3, 0.4) is 0 Å². The van der Waals surface area contributed by atoms with E-state index in [2.05, 4.69) is 10.6 Å². The van der Waals surface area contributed by atoms with Crippen molar-refractivity contribution in [2.45, 2.75) is 40.7 Å². The minimum absolute atomic E-state index is 0.0104. The third kappa shape index (κ3) is 5.88. The van der Waals surface area contributed by atoms with Gasteiger partial charge in [0.05, 0.1) is 6.54 Å². The maximum atomic E-state index is 11.3. The molecule has 1 atom stereocenters. The Balaban J connectivity index is 4.08. The van der Waals surface area contributed by atoms with Gasteiger partial charge in [0.25, 0.3) is 0 Å². The Morgan fingerprint density at radius 1 is 1.13 bits per heavy atom. The highest BCUT2D eigenvalue weighted by atomic mass is 16.2. The lowest BCUT2D eigenvalue weighted by Crippen LogP contribution is -2.40. The van der Waals surface area contributed by atoms with Gasteiger partial charge >= 0.3 is 0 Å². The molecule has 0 aromatic heterocycles. The molecule has 0 saturated heterocycles. The summed E-state index contributed by atoms with van der Waals surface area (Å²) in [5, 5.41) is 5.26. The van der Waals surface area contributed by atoms with Gasteiger partial charge in [0.2, 0.25) is 11.8 Å². The first-order valence-corrected chi connectivity index (χ1v) is 5.02. The summed E-state index contributed by atoms with van der Waals surface area (Å²) in [6, 6.07) is 0.0104. The van der Waals surface area contributed by atoms with Crippen molar-refractivity contribution >= 4 is 11.8 Å². The smallest absolute Gasteiger partial charge is 0.239 e. The van der Waals surface area contributed by atoms with Gasteiger partial charge in [0, 0.05) is 13.0 Å². The van der Waals surface area contributed by atoms with E-state index < -0.39 is 0 Å². The van der Waals surface area contributed by atoms with Gasteiger partial charge in [-0.25, -0.2) is 0 Å². The van der Waals surface area contributed by atoms with Gasteiger partial charge < -0.3 is 10.6 Å². The Bertz CT molecular complexity index is 278. The molecule has 2 amide bonds. The van der Waals surface area contributed by atoms with Gasteiger partial charge in [-0.15, -0.1) is 0 Å². The molecule has 0 saturated carbocycles. The molecular formula is C11H20N2O2. The highest BCUT2D eigenvalue weighted by Gasteiger charge is 2.09. The first kappa shape index (κ1) is 13.7. The third-order valence-electron chi connectivity index (χ3n) is 2.31. The average molecular weight is 212 g/mol. The molecule has 0 aromatic carbocycles. The van der Waals surface area contributed by atoms with E-state index in [0.717, 1.165) is 5.57 Å². The highest BCUT2D eigenvalue weighted by molar-refractivity contribution is 5.83. The fourth-order valence-corrected chi connectivity index (χ4v) is 1.04. The number of rotatable bonds is 4. The van der Waals surface area contributed by atoms with E-state index >= 15 is 0 Å². The Hall–Kier alpha value is -1.32. The number of allylic oxidation sites excluding steroid dienone is 1. The average Bonchev–Trinajstić information content (AvgIpc) is 2.13. The molecule has 2 N–H and O–H groups in total. The molecule has 0 aliphatic heterocycles. The lowest BCUT2D eigenvalue weighted by atomic mass is 10.1. The normalized spacial score (nSPS) is 11.5. The predicted octanol–water partition coefficient (Wildman–Crippen LogP) is 0.983. The minimum atomic E-state index is -0.197. The number of hydrogen-bond acceptors (Lipinski definition) is 2. The zero-order valence-corrected chi connectivity index (χ0v) is 10.1. The van der Waals surface area contributed by atoms with Crippen LogP contribution in [0.4, 0.5) is 0 Å². The second-order valence-corrected chi connectivity index (χ2v) is 3.88. The lowest BCUT2D eigenvalue weighted by Gasteiger charge is -2.16. The third-order valence-corrected chi connectivity index (χ3v) is 2.31. The van der Waals surface area contributed by atoms with Crippen LogP contribution in [0.25, 0.3) is 0 Å². The highest BCUT2D eigenvalue weighted by Crippen LogP contribution is 2.06. The van der Waals surface area contributed by atoms with Crippen LogP contribution >= 0.6 is 0 Å². The maximum Gasteiger partial charge on any atom is 0.239 e. The summed E-state index contributed by atoms with van der Waals surface area (Å²) in [6.07, 6.45) is 0. The zero-order chi connectivity index (χ0) is 12.0. The molecular weight excluding hydrogens is 192 g/mol. The summed E-state index contributed by atoms with van der Waals surface area (Å²) >= 11 is 0. The monoisotopic (exact) mass is 212 g/mol. The van der Waals surface area contributed by atoms with Gasteiger partial charge in [-0.3, -0.25) is 9.59 Å². The fraction of sp³-hybridized carbons (Fsp3) is 0.636. The molecule has 0 aromatic rings. The molecule has 4 heteroatoms. The summed E-state index contributed by atoms with van der Waals surface area (Å²) in [5.41, 5.74) is 2.34. The lowest BCUT2D eigenvalue weighted by molar-refractivity contribution is -0.125. The van der Waals surface area contributed by atoms with Gasteiger partial charge in [0.15, 0.2) is 0 Å². The van der Waals surface area contributed by atoms with E-state index in [1.54, 1.807) is 0 Å². The van der Waals surface area contributed by atoms with E-state index in [0.29, 0.717) is 0 Å². The van der Waals surface area contributed by atoms with Crippen molar-refractivity contribution < 1.29 is 9.59 Å². The molecule has 15 heavy (non-hydrogen) atoms. The molecule has 0 spiro atoms. The maximum absolute atomic E-state index is 11.3. The summed E-state index contributed by atoms with van der Waals surface area (Å²) < 4.78 is 0. The molecule has 4 nitrogen and oxygen atoms in total. The number of carbonyl (C=O) groups is 2. The second kappa shape index (κ2) is 6.22. The number of hydrogen-bond donors (Lipinski definition) is 2. The summed E-state index contributed by atoms with van der Waals surface area (Å²) in [7, 11) is 0. The molecule has 1 unspecified atom stereocenters. The predicted molar refractivity (Wildman–Crippen MR) is 60.3 cm³/mol. The Kier molecular flexibility index (Phi) is 5.67. The molecule has 0 aliphatic carbocycles. The van der Waals surface area contributed by atoms with E-state index in [-0.39, 0.29) is 24.4 Å². The van der Waals surface area contributed by atoms with Crippen LogP contribution in [0.2, 0.25) is 0 Å². The molecule has 0 radical (unpaired) electrons. The van der Waals surface area contributed by atoms with Crippen molar-refractivity contribution in [2.24, 2.45) is 0 Å². The van der Waals surface area contributed by atoms with Crippen LogP contribution in [-0.4, -0.2) is 24.4 Å². The Labute approximate surface area is 91.1 Å². The largest absolute Gasteiger partial charge is 0.348 e. The van der Waals surface area contributed by atoms with Crippen LogP contribution < -0.4 is 10.6 Å². The topological polar surface area (TPSA) is 58.2 Å². The molecule has 0 fully saturated rings. The Morgan fingerprint density at radius 2 is 1.67 bits per heavy atom. The zero-order valence-electron chi connectivity index (χ0n) is 10.1. The summed E-state index contributed by atoms with van der Waals surface area (Å²) in [4.78, 5) is 21.9. The summed E-state index contributed by atoms with van der Waals surface area (Å²) in [6.45, 7) is 9.35. The van der Waals surface area contributed by atoms with Crippen LogP contribution in [0.1, 0.15) is 34.6 Å². The van der Waals surface area contributed by atoms with Crippen molar-refractivity contribution in [3.63, 3.8) is 0 Å². The first-order valence-electron chi connectivity index (χ1n) is 5.02. The number of nitrogens with one attached hydrogen (secondary N) is 2. The first-order chi connectivity index (χ1) is 6.84. The van der Waals surface area contributed by atoms with Crippen LogP contribution in [0.15, 0.2) is 11.1 Å². The van der Waals surface area contributed by atoms with E-state index in [1.165, 1.54) is 12.5 Å². The van der Waals surface area contributed by atoms with Crippen molar-refractivity contribution in [3.05, 3.63) is 11.1 Å². The standard InChI is InChI=1S/C11H20N2O2/c1-7(2)8(3)9(4)13-11(15)6-12-10(5)14/h9H,6H2,1-5H3,(H,12,14)(H,13,15). The van der Waals surface area contributed by atoms with E-state index in [4.69, 9.17) is 0 Å². The molecule has 0 heterocycles. The Morgan fingerprint density at radius 3 is 2.07 bits per heavy atom. The van der Waals surface area contributed by atoms with Crippen molar-refractivity contribution in [1.82, 2.24) is 10.6 Å². The van der Waals surface area contributed by atoms with Gasteiger partial charge in [-0.2, -0.15) is 0 Å². The van der Waals surface area contributed by atoms with Gasteiger partial charge in [-0.1, -0.05) is 11.1 Å². The number of carbonyl (C=O) groups excluding carboxylic acids is 2. The van der Waals surface area contributed by atoms with E-state index in [1.807, 2.05) is 27.7 Å². The fourth-order valence-electron chi connectivity index (χ4n) is 1.04. The van der Waals surface area contributed by atoms with Crippen molar-refractivity contribution in [1.29, 1.82) is 0 Å². The molecule has 0 rings (SSSR count). The molecule has 0 aliphatic rings. The van der Waals surface area contributed by atoms with Crippen LogP contribution in [0, 0.1) is 0 Å². The quantitative estimate of drug-likeness (QED) is 0.683. The van der Waals surface area contributed by atoms with Crippen molar-refractivity contribution in [3.8, 4) is 0 Å². The van der Waals surface area contributed by atoms with Gasteiger partial charge in [0.1, 0.15) is 0 Å². The van der Waals surface area contributed by atoms with Crippen LogP contribution in [0.5, 0.6) is 0 Å². The van der Waals surface area contributed by atoms with Crippen LogP contribution in [-0.2, 0) is 9.59 Å². The number of amides is 2. The van der Waals surface area contributed by atoms with Crippen molar-refractivity contribution in [2.75, 3.05) is 6.54 Å². The SMILES string of the molecule is CC(=O)NCC(=O)NC(C)C(C)=C(C)C. The second-order valence-electron chi connectivity index (χ2n) is 3.88. The van der Waals surface area contributed by atoms with Gasteiger partial charge in [-0.05, 0) is 27.7 Å². The minimum Gasteiger partial charge on any atom is -0.348 e. The molecule has 86 valence electrons. The summed E-state index contributed by atoms with van der Waals surface area (Å²) in [5.74, 6) is -0.366. The van der Waals surface area contributed by atoms with E-state index in [9.17, 15) is 9.59 Å².